The Bertz CT molecular complexity index is 417. The van der Waals surface area contributed by atoms with Crippen molar-refractivity contribution in [2.24, 2.45) is 11.7 Å². The Morgan fingerprint density at radius 3 is 2.16 bits per heavy atom. The van der Waals surface area contributed by atoms with E-state index in [9.17, 15) is 8.42 Å². The van der Waals surface area contributed by atoms with Crippen LogP contribution in [0.25, 0.3) is 0 Å². The van der Waals surface area contributed by atoms with Crippen LogP contribution in [0.5, 0.6) is 0 Å². The molecule has 0 aromatic rings. The molecule has 0 saturated carbocycles. The lowest BCUT2D eigenvalue weighted by molar-refractivity contribution is 0.282. The molecule has 2 fully saturated rings. The average Bonchev–Trinajstić information content (AvgIpc) is 2.68. The van der Waals surface area contributed by atoms with E-state index >= 15 is 0 Å². The number of hydrogen-bond donors (Lipinski definition) is 1. The molecule has 1 atom stereocenters. The van der Waals surface area contributed by atoms with E-state index in [0.29, 0.717) is 31.2 Å². The van der Waals surface area contributed by atoms with Gasteiger partial charge in [-0.1, -0.05) is 25.1 Å². The molecule has 110 valence electrons. The van der Waals surface area contributed by atoms with Crippen molar-refractivity contribution in [2.45, 2.75) is 38.5 Å². The van der Waals surface area contributed by atoms with Crippen LogP contribution in [0, 0.1) is 5.92 Å². The number of rotatable bonds is 3. The maximum Gasteiger partial charge on any atom is 0.281 e. The van der Waals surface area contributed by atoms with Crippen molar-refractivity contribution in [2.75, 3.05) is 26.2 Å². The Morgan fingerprint density at radius 2 is 1.58 bits per heavy atom. The summed E-state index contributed by atoms with van der Waals surface area (Å²) in [6.45, 7) is 2.35. The van der Waals surface area contributed by atoms with Gasteiger partial charge in [0.05, 0.1) is 4.99 Å². The van der Waals surface area contributed by atoms with E-state index in [1.807, 2.05) is 0 Å². The van der Waals surface area contributed by atoms with Gasteiger partial charge in [-0.25, -0.2) is 0 Å². The molecular formula is C12H23N3O2S2. The first-order valence-electron chi connectivity index (χ1n) is 7.06. The normalized spacial score (nSPS) is 27.9. The van der Waals surface area contributed by atoms with E-state index in [0.717, 1.165) is 38.5 Å². The zero-order valence-electron chi connectivity index (χ0n) is 11.3. The summed E-state index contributed by atoms with van der Waals surface area (Å²) < 4.78 is 28.5. The molecule has 2 aliphatic heterocycles. The van der Waals surface area contributed by atoms with E-state index in [4.69, 9.17) is 18.0 Å². The van der Waals surface area contributed by atoms with Crippen LogP contribution in [0.15, 0.2) is 0 Å². The van der Waals surface area contributed by atoms with Crippen molar-refractivity contribution in [3.8, 4) is 0 Å². The highest BCUT2D eigenvalue weighted by Crippen LogP contribution is 2.23. The van der Waals surface area contributed by atoms with Crippen LogP contribution >= 0.6 is 12.2 Å². The van der Waals surface area contributed by atoms with Gasteiger partial charge >= 0.3 is 0 Å². The summed E-state index contributed by atoms with van der Waals surface area (Å²) in [4.78, 5) is 0.441. The summed E-state index contributed by atoms with van der Waals surface area (Å²) in [6, 6.07) is 0. The minimum atomic E-state index is -3.32. The smallest absolute Gasteiger partial charge is 0.281 e. The molecule has 0 spiro atoms. The summed E-state index contributed by atoms with van der Waals surface area (Å²) in [7, 11) is -3.32. The highest BCUT2D eigenvalue weighted by Gasteiger charge is 2.34. The number of piperidine rings is 1. The fourth-order valence-electron chi connectivity index (χ4n) is 2.82. The molecule has 2 aliphatic rings. The van der Waals surface area contributed by atoms with Gasteiger partial charge in [-0.15, -0.1) is 0 Å². The van der Waals surface area contributed by atoms with Crippen molar-refractivity contribution >= 4 is 27.4 Å². The molecule has 19 heavy (non-hydrogen) atoms. The number of thiocarbonyl (C=S) groups is 1. The largest absolute Gasteiger partial charge is 0.393 e. The monoisotopic (exact) mass is 305 g/mol. The Kier molecular flexibility index (Phi) is 5.16. The lowest BCUT2D eigenvalue weighted by Gasteiger charge is -2.34. The first-order valence-corrected chi connectivity index (χ1v) is 8.87. The van der Waals surface area contributed by atoms with Crippen molar-refractivity contribution in [3.05, 3.63) is 0 Å². The Balaban J connectivity index is 2.07. The minimum absolute atomic E-state index is 0.0329. The molecule has 1 unspecified atom stereocenters. The third-order valence-electron chi connectivity index (χ3n) is 4.00. The van der Waals surface area contributed by atoms with Gasteiger partial charge < -0.3 is 5.73 Å². The second-order valence-electron chi connectivity index (χ2n) is 5.42. The van der Waals surface area contributed by atoms with E-state index in [1.54, 1.807) is 8.61 Å². The lowest BCUT2D eigenvalue weighted by Crippen LogP contribution is -2.49. The van der Waals surface area contributed by atoms with Crippen LogP contribution in [-0.4, -0.2) is 48.2 Å². The molecule has 5 nitrogen and oxygen atoms in total. The van der Waals surface area contributed by atoms with Gasteiger partial charge in [0.25, 0.3) is 10.2 Å². The van der Waals surface area contributed by atoms with Gasteiger partial charge in [-0.3, -0.25) is 0 Å². The maximum atomic E-state index is 12.6. The summed E-state index contributed by atoms with van der Waals surface area (Å²) in [5.74, 6) is 0.0329. The summed E-state index contributed by atoms with van der Waals surface area (Å²) in [5, 5.41) is 0. The molecule has 0 aliphatic carbocycles. The number of nitrogens with two attached hydrogens (primary N) is 1. The third-order valence-corrected chi connectivity index (χ3v) is 6.34. The first kappa shape index (κ1) is 15.2. The lowest BCUT2D eigenvalue weighted by atomic mass is 10.0. The SMILES string of the molecule is NC(=S)C1CCCN(S(=O)(=O)N2CCCCCC2)C1. The minimum Gasteiger partial charge on any atom is -0.393 e. The van der Waals surface area contributed by atoms with E-state index in [2.05, 4.69) is 0 Å². The fraction of sp³-hybridized carbons (Fsp3) is 0.917. The average molecular weight is 305 g/mol. The van der Waals surface area contributed by atoms with Gasteiger partial charge in [0, 0.05) is 32.1 Å². The van der Waals surface area contributed by atoms with Crippen molar-refractivity contribution < 1.29 is 8.42 Å². The predicted molar refractivity (Wildman–Crippen MR) is 80.0 cm³/mol. The first-order chi connectivity index (χ1) is 9.01. The van der Waals surface area contributed by atoms with Crippen molar-refractivity contribution in [1.29, 1.82) is 0 Å². The van der Waals surface area contributed by atoms with Gasteiger partial charge in [-0.2, -0.15) is 17.0 Å². The molecular weight excluding hydrogens is 282 g/mol. The molecule has 0 aromatic carbocycles. The second kappa shape index (κ2) is 6.47. The zero-order valence-corrected chi connectivity index (χ0v) is 12.9. The Morgan fingerprint density at radius 1 is 1.00 bits per heavy atom. The highest BCUT2D eigenvalue weighted by molar-refractivity contribution is 7.86. The van der Waals surface area contributed by atoms with Crippen LogP contribution < -0.4 is 5.73 Å². The van der Waals surface area contributed by atoms with Crippen LogP contribution in [0.3, 0.4) is 0 Å². The van der Waals surface area contributed by atoms with Gasteiger partial charge in [0.1, 0.15) is 0 Å². The van der Waals surface area contributed by atoms with Gasteiger partial charge in [-0.05, 0) is 25.7 Å². The molecule has 0 amide bonds. The molecule has 2 heterocycles. The molecule has 0 bridgehead atoms. The van der Waals surface area contributed by atoms with E-state index < -0.39 is 10.2 Å². The van der Waals surface area contributed by atoms with E-state index in [1.165, 1.54) is 0 Å². The van der Waals surface area contributed by atoms with Gasteiger partial charge in [0.2, 0.25) is 0 Å². The second-order valence-corrected chi connectivity index (χ2v) is 7.82. The third kappa shape index (κ3) is 3.65. The quantitative estimate of drug-likeness (QED) is 0.793. The number of nitrogens with zero attached hydrogens (tertiary/aromatic N) is 2. The number of hydrogen-bond acceptors (Lipinski definition) is 3. The molecule has 2 rings (SSSR count). The van der Waals surface area contributed by atoms with Crippen molar-refractivity contribution in [1.82, 2.24) is 8.61 Å². The molecule has 2 N–H and O–H groups in total. The Labute approximate surface area is 121 Å². The van der Waals surface area contributed by atoms with Gasteiger partial charge in [0.15, 0.2) is 0 Å². The molecule has 0 radical (unpaired) electrons. The summed E-state index contributed by atoms with van der Waals surface area (Å²) >= 11 is 5.01. The van der Waals surface area contributed by atoms with Crippen LogP contribution in [0.1, 0.15) is 38.5 Å². The predicted octanol–water partition coefficient (Wildman–Crippen LogP) is 1.11. The highest BCUT2D eigenvalue weighted by atomic mass is 32.2. The van der Waals surface area contributed by atoms with Crippen LogP contribution in [-0.2, 0) is 10.2 Å². The molecule has 2 saturated heterocycles. The van der Waals surface area contributed by atoms with Crippen molar-refractivity contribution in [3.63, 3.8) is 0 Å². The molecule has 0 aromatic heterocycles. The maximum absolute atomic E-state index is 12.6. The standard InChI is InChI=1S/C12H23N3O2S2/c13-12(18)11-6-5-9-15(10-11)19(16,17)14-7-3-1-2-4-8-14/h11H,1-10H2,(H2,13,18). The fourth-order valence-corrected chi connectivity index (χ4v) is 4.79. The summed E-state index contributed by atoms with van der Waals surface area (Å²) in [5.41, 5.74) is 5.67. The van der Waals surface area contributed by atoms with Crippen LogP contribution in [0.2, 0.25) is 0 Å². The Hall–Kier alpha value is -0.240. The summed E-state index contributed by atoms with van der Waals surface area (Å²) in [6.07, 6.45) is 5.93. The zero-order chi connectivity index (χ0) is 13.9. The van der Waals surface area contributed by atoms with E-state index in [-0.39, 0.29) is 5.92 Å². The topological polar surface area (TPSA) is 66.6 Å². The molecule has 7 heteroatoms. The van der Waals surface area contributed by atoms with Crippen LogP contribution in [0.4, 0.5) is 0 Å².